The Kier molecular flexibility index (Phi) is 3.57. The van der Waals surface area contributed by atoms with Crippen molar-refractivity contribution in [3.63, 3.8) is 0 Å². The van der Waals surface area contributed by atoms with Crippen molar-refractivity contribution < 1.29 is 8.42 Å². The highest BCUT2D eigenvalue weighted by atomic mass is 35.5. The monoisotopic (exact) mass is 353 g/mol. The van der Waals surface area contributed by atoms with Gasteiger partial charge in [0.25, 0.3) is 0 Å². The molecule has 0 aliphatic heterocycles. The fourth-order valence-electron chi connectivity index (χ4n) is 3.88. The van der Waals surface area contributed by atoms with Crippen LogP contribution in [0.2, 0.25) is 4.34 Å². The van der Waals surface area contributed by atoms with Crippen LogP contribution in [-0.2, 0) is 10.0 Å². The summed E-state index contributed by atoms with van der Waals surface area (Å²) in [6.45, 7) is 0. The Balaban J connectivity index is 1.63. The topological polar surface area (TPSA) is 46.2 Å². The summed E-state index contributed by atoms with van der Waals surface area (Å²) in [6, 6.07) is 11.6. The molecule has 0 radical (unpaired) electrons. The first kappa shape index (κ1) is 14.7. The van der Waals surface area contributed by atoms with Crippen LogP contribution in [0.4, 0.5) is 0 Å². The standard InChI is InChI=1S/C16H16ClNO2S2/c17-15-7-8-16(21-15)22(19,20)18-14-9-10-5-6-13(14)12-4-2-1-3-11(10)12/h1-4,7-8,10,13-14,18H,5-6,9H2. The molecule has 1 aromatic heterocycles. The van der Waals surface area contributed by atoms with E-state index in [4.69, 9.17) is 11.6 Å². The van der Waals surface area contributed by atoms with Gasteiger partial charge in [0, 0.05) is 12.0 Å². The fourth-order valence-corrected chi connectivity index (χ4v) is 6.66. The first-order chi connectivity index (χ1) is 10.5. The van der Waals surface area contributed by atoms with E-state index in [0.29, 0.717) is 14.5 Å². The third-order valence-electron chi connectivity index (χ3n) is 4.81. The summed E-state index contributed by atoms with van der Waals surface area (Å²) in [5.74, 6) is 0.757. The van der Waals surface area contributed by atoms with Gasteiger partial charge in [0.1, 0.15) is 4.21 Å². The van der Waals surface area contributed by atoms with Gasteiger partial charge in [-0.25, -0.2) is 13.1 Å². The molecule has 1 fully saturated rings. The maximum absolute atomic E-state index is 12.5. The van der Waals surface area contributed by atoms with E-state index in [1.54, 1.807) is 12.1 Å². The molecule has 1 heterocycles. The summed E-state index contributed by atoms with van der Waals surface area (Å²) in [5.41, 5.74) is 2.73. The van der Waals surface area contributed by atoms with Gasteiger partial charge >= 0.3 is 0 Å². The molecule has 3 aliphatic carbocycles. The van der Waals surface area contributed by atoms with Gasteiger partial charge in [0.05, 0.1) is 4.34 Å². The predicted molar refractivity (Wildman–Crippen MR) is 89.2 cm³/mol. The van der Waals surface area contributed by atoms with E-state index < -0.39 is 10.0 Å². The minimum Gasteiger partial charge on any atom is -0.207 e. The van der Waals surface area contributed by atoms with Crippen LogP contribution in [0.5, 0.6) is 0 Å². The van der Waals surface area contributed by atoms with Gasteiger partial charge in [-0.1, -0.05) is 35.9 Å². The molecular formula is C16H16ClNO2S2. The van der Waals surface area contributed by atoms with Crippen molar-refractivity contribution in [1.82, 2.24) is 4.72 Å². The maximum atomic E-state index is 12.5. The number of benzene rings is 1. The molecule has 0 amide bonds. The number of sulfonamides is 1. The van der Waals surface area contributed by atoms with Gasteiger partial charge in [-0.3, -0.25) is 0 Å². The highest BCUT2D eigenvalue weighted by Crippen LogP contribution is 2.49. The third kappa shape index (κ3) is 2.40. The molecule has 1 saturated carbocycles. The summed E-state index contributed by atoms with van der Waals surface area (Å²) in [6.07, 6.45) is 3.10. The van der Waals surface area contributed by atoms with Crippen LogP contribution >= 0.6 is 22.9 Å². The lowest BCUT2D eigenvalue weighted by Gasteiger charge is -2.44. The number of rotatable bonds is 3. The molecule has 22 heavy (non-hydrogen) atoms. The van der Waals surface area contributed by atoms with Crippen LogP contribution in [0.25, 0.3) is 0 Å². The summed E-state index contributed by atoms with van der Waals surface area (Å²) in [4.78, 5) is 0. The van der Waals surface area contributed by atoms with Crippen LogP contribution in [0.1, 0.15) is 42.2 Å². The zero-order chi connectivity index (χ0) is 15.3. The molecule has 3 nitrogen and oxygen atoms in total. The van der Waals surface area contributed by atoms with E-state index in [1.807, 2.05) is 6.07 Å². The normalized spacial score (nSPS) is 26.9. The van der Waals surface area contributed by atoms with E-state index in [9.17, 15) is 8.42 Å². The van der Waals surface area contributed by atoms with E-state index in [0.717, 1.165) is 30.6 Å². The quantitative estimate of drug-likeness (QED) is 0.902. The van der Waals surface area contributed by atoms with Gasteiger partial charge in [0.15, 0.2) is 0 Å². The Labute approximate surface area is 139 Å². The number of fused-ring (bicyclic) bond motifs is 2. The molecule has 2 bridgehead atoms. The number of hydrogen-bond donors (Lipinski definition) is 1. The molecule has 2 aromatic rings. The molecular weight excluding hydrogens is 338 g/mol. The smallest absolute Gasteiger partial charge is 0.207 e. The molecule has 1 N–H and O–H groups in total. The first-order valence-corrected chi connectivity index (χ1v) is 10.1. The summed E-state index contributed by atoms with van der Waals surface area (Å²) < 4.78 is 28.8. The minimum atomic E-state index is -3.48. The lowest BCUT2D eigenvalue weighted by molar-refractivity contribution is 0.297. The Morgan fingerprint density at radius 1 is 1.09 bits per heavy atom. The molecule has 3 aliphatic rings. The summed E-state index contributed by atoms with van der Waals surface area (Å²) in [7, 11) is -3.48. The van der Waals surface area contributed by atoms with Crippen molar-refractivity contribution in [3.05, 3.63) is 51.9 Å². The Hall–Kier alpha value is -0.880. The highest BCUT2D eigenvalue weighted by Gasteiger charge is 2.41. The lowest BCUT2D eigenvalue weighted by Crippen LogP contribution is -2.45. The van der Waals surface area contributed by atoms with Gasteiger partial charge in [-0.15, -0.1) is 11.3 Å². The van der Waals surface area contributed by atoms with E-state index in [-0.39, 0.29) is 12.0 Å². The van der Waals surface area contributed by atoms with Crippen LogP contribution in [0.15, 0.2) is 40.6 Å². The summed E-state index contributed by atoms with van der Waals surface area (Å²) in [5, 5.41) is 0. The van der Waals surface area contributed by atoms with Crippen molar-refractivity contribution in [2.75, 3.05) is 0 Å². The van der Waals surface area contributed by atoms with Crippen LogP contribution < -0.4 is 4.72 Å². The van der Waals surface area contributed by atoms with Gasteiger partial charge in [-0.2, -0.15) is 0 Å². The molecule has 116 valence electrons. The highest BCUT2D eigenvalue weighted by molar-refractivity contribution is 7.91. The van der Waals surface area contributed by atoms with Crippen LogP contribution in [-0.4, -0.2) is 14.5 Å². The third-order valence-corrected chi connectivity index (χ3v) is 8.02. The average molecular weight is 354 g/mol. The lowest BCUT2D eigenvalue weighted by atomic mass is 9.65. The minimum absolute atomic E-state index is 0.0143. The molecule has 1 aromatic carbocycles. The summed E-state index contributed by atoms with van der Waals surface area (Å²) >= 11 is 6.97. The van der Waals surface area contributed by atoms with Crippen molar-refractivity contribution in [2.45, 2.75) is 41.3 Å². The Morgan fingerprint density at radius 2 is 1.86 bits per heavy atom. The Morgan fingerprint density at radius 3 is 2.59 bits per heavy atom. The predicted octanol–water partition coefficient (Wildman–Crippen LogP) is 4.11. The van der Waals surface area contributed by atoms with Crippen molar-refractivity contribution in [3.8, 4) is 0 Å². The average Bonchev–Trinajstić information content (AvgIpc) is 2.95. The molecule has 0 saturated heterocycles. The van der Waals surface area contributed by atoms with Crippen LogP contribution in [0, 0.1) is 0 Å². The van der Waals surface area contributed by atoms with E-state index >= 15 is 0 Å². The zero-order valence-electron chi connectivity index (χ0n) is 11.8. The molecule has 6 heteroatoms. The zero-order valence-corrected chi connectivity index (χ0v) is 14.2. The van der Waals surface area contributed by atoms with Crippen molar-refractivity contribution in [1.29, 1.82) is 0 Å². The Bertz CT molecular complexity index is 815. The molecule has 5 rings (SSSR count). The molecule has 3 unspecified atom stereocenters. The molecule has 3 atom stereocenters. The second-order valence-electron chi connectivity index (χ2n) is 6.03. The fraction of sp³-hybridized carbons (Fsp3) is 0.375. The van der Waals surface area contributed by atoms with Crippen LogP contribution in [0.3, 0.4) is 0 Å². The molecule has 0 spiro atoms. The van der Waals surface area contributed by atoms with E-state index in [1.165, 1.54) is 11.1 Å². The van der Waals surface area contributed by atoms with Crippen molar-refractivity contribution in [2.24, 2.45) is 0 Å². The maximum Gasteiger partial charge on any atom is 0.250 e. The number of thiophene rings is 1. The van der Waals surface area contributed by atoms with Gasteiger partial charge < -0.3 is 0 Å². The second-order valence-corrected chi connectivity index (χ2v) is 9.69. The number of hydrogen-bond acceptors (Lipinski definition) is 3. The number of halogens is 1. The van der Waals surface area contributed by atoms with Gasteiger partial charge in [-0.05, 0) is 48.4 Å². The van der Waals surface area contributed by atoms with Gasteiger partial charge in [0.2, 0.25) is 10.0 Å². The first-order valence-electron chi connectivity index (χ1n) is 7.41. The van der Waals surface area contributed by atoms with Crippen molar-refractivity contribution >= 4 is 33.0 Å². The largest absolute Gasteiger partial charge is 0.250 e. The second kappa shape index (κ2) is 5.34. The van der Waals surface area contributed by atoms with E-state index in [2.05, 4.69) is 22.9 Å². The number of nitrogens with one attached hydrogen (secondary N) is 1. The SMILES string of the molecule is O=S(=O)(NC1CC2CCC1c1ccccc12)c1ccc(Cl)s1.